The number of aryl methyl sites for hydroxylation is 1. The molecule has 38 heavy (non-hydrogen) atoms. The van der Waals surface area contributed by atoms with Gasteiger partial charge in [-0.1, -0.05) is 39.0 Å². The second-order valence-corrected chi connectivity index (χ2v) is 11.7. The number of nitrogens with zero attached hydrogens (tertiary/aromatic N) is 2. The number of Topliss-reactive ketones (excluding diaryl/α,β-unsaturated/α-hetero) is 1. The van der Waals surface area contributed by atoms with Gasteiger partial charge in [0, 0.05) is 58.8 Å². The monoisotopic (exact) mass is 519 g/mol. The van der Waals surface area contributed by atoms with Gasteiger partial charge in [0.05, 0.1) is 12.7 Å². The first-order valence-corrected chi connectivity index (χ1v) is 13.6. The van der Waals surface area contributed by atoms with Crippen LogP contribution in [0.2, 0.25) is 0 Å². The van der Waals surface area contributed by atoms with Crippen LogP contribution >= 0.6 is 0 Å². The molecule has 7 nitrogen and oxygen atoms in total. The lowest BCUT2D eigenvalue weighted by molar-refractivity contribution is -0.141. The number of rotatable bonds is 7. The maximum absolute atomic E-state index is 13.6. The molecule has 3 heterocycles. The van der Waals surface area contributed by atoms with Gasteiger partial charge in [-0.15, -0.1) is 0 Å². The summed E-state index contributed by atoms with van der Waals surface area (Å²) < 4.78 is 7.74. The summed E-state index contributed by atoms with van der Waals surface area (Å²) in [5.74, 6) is 1.16. The van der Waals surface area contributed by atoms with Gasteiger partial charge in [0.2, 0.25) is 5.91 Å². The molecule has 1 aliphatic heterocycles. The number of fused-ring (bicyclic) bond motifs is 1. The number of amides is 1. The van der Waals surface area contributed by atoms with Crippen LogP contribution in [0.1, 0.15) is 80.3 Å². The summed E-state index contributed by atoms with van der Waals surface area (Å²) in [6.45, 7) is 13.5. The van der Waals surface area contributed by atoms with Crippen molar-refractivity contribution < 1.29 is 14.3 Å². The smallest absolute Gasteiger partial charge is 0.255 e. The Morgan fingerprint density at radius 3 is 2.42 bits per heavy atom. The van der Waals surface area contributed by atoms with Crippen LogP contribution < -0.4 is 10.3 Å². The third-order valence-corrected chi connectivity index (χ3v) is 8.04. The number of likely N-dealkylation sites (tertiary alicyclic amines) is 1. The van der Waals surface area contributed by atoms with Crippen molar-refractivity contribution in [2.24, 2.45) is 11.3 Å². The molecule has 0 unspecified atom stereocenters. The zero-order chi connectivity index (χ0) is 27.8. The number of ether oxygens (including phenoxy) is 1. The van der Waals surface area contributed by atoms with Crippen LogP contribution in [0.3, 0.4) is 0 Å². The van der Waals surface area contributed by atoms with Gasteiger partial charge in [0.1, 0.15) is 5.75 Å². The fraction of sp³-hybridized carbons (Fsp3) is 0.516. The van der Waals surface area contributed by atoms with Gasteiger partial charge in [-0.05, 0) is 58.1 Å². The van der Waals surface area contributed by atoms with Gasteiger partial charge < -0.3 is 19.2 Å². The highest BCUT2D eigenvalue weighted by Crippen LogP contribution is 2.37. The molecule has 4 rings (SSSR count). The lowest BCUT2D eigenvalue weighted by atomic mass is 9.87. The molecule has 0 radical (unpaired) electrons. The Morgan fingerprint density at radius 1 is 1.13 bits per heavy atom. The molecular weight excluding hydrogens is 478 g/mol. The number of benzene rings is 1. The number of ketones is 1. The number of carbonyl (C=O) groups is 2. The first-order valence-electron chi connectivity index (χ1n) is 13.6. The molecule has 7 heteroatoms. The summed E-state index contributed by atoms with van der Waals surface area (Å²) in [4.78, 5) is 43.8. The van der Waals surface area contributed by atoms with E-state index in [1.807, 2.05) is 57.7 Å². The van der Waals surface area contributed by atoms with E-state index in [2.05, 4.69) is 22.5 Å². The van der Waals surface area contributed by atoms with Crippen molar-refractivity contribution in [3.63, 3.8) is 0 Å². The average molecular weight is 520 g/mol. The zero-order valence-electron chi connectivity index (χ0n) is 23.8. The van der Waals surface area contributed by atoms with Crippen molar-refractivity contribution in [1.82, 2.24) is 14.5 Å². The van der Waals surface area contributed by atoms with Gasteiger partial charge in [0.15, 0.2) is 5.78 Å². The van der Waals surface area contributed by atoms with E-state index in [1.165, 1.54) is 0 Å². The van der Waals surface area contributed by atoms with E-state index < -0.39 is 0 Å². The average Bonchev–Trinajstić information content (AvgIpc) is 3.17. The van der Waals surface area contributed by atoms with Crippen LogP contribution in [0.25, 0.3) is 10.9 Å². The van der Waals surface area contributed by atoms with Gasteiger partial charge in [0.25, 0.3) is 5.56 Å². The standard InChI is InChI=1S/C31H41N3O4/c1-19-18-27(38-7)24(29(36)32-19)12-13-26(35)28-21(3)34(25-11-9-8-10-23(25)28)20(2)22-14-16-33(17-15-22)30(37)31(4,5)6/h8-11,18,20,22H,12-17H2,1-7H3,(H,32,36)/t20-/m1/s1. The third kappa shape index (κ3) is 5.29. The van der Waals surface area contributed by atoms with Crippen molar-refractivity contribution in [2.45, 2.75) is 73.3 Å². The Balaban J connectivity index is 1.58. The second-order valence-electron chi connectivity index (χ2n) is 11.7. The Morgan fingerprint density at radius 2 is 1.79 bits per heavy atom. The minimum Gasteiger partial charge on any atom is -0.496 e. The Hall–Kier alpha value is -3.35. The fourth-order valence-electron chi connectivity index (χ4n) is 6.01. The normalized spacial score (nSPS) is 15.6. The number of aromatic amines is 1. The van der Waals surface area contributed by atoms with E-state index in [1.54, 1.807) is 13.2 Å². The lowest BCUT2D eigenvalue weighted by Gasteiger charge is -2.38. The van der Waals surface area contributed by atoms with Crippen LogP contribution in [-0.4, -0.2) is 46.3 Å². The second kappa shape index (κ2) is 10.8. The van der Waals surface area contributed by atoms with Crippen LogP contribution in [0.15, 0.2) is 35.1 Å². The molecule has 204 valence electrons. The maximum Gasteiger partial charge on any atom is 0.255 e. The Kier molecular flexibility index (Phi) is 7.86. The Labute approximate surface area is 225 Å². The van der Waals surface area contributed by atoms with Crippen LogP contribution in [0.5, 0.6) is 5.75 Å². The topological polar surface area (TPSA) is 84.4 Å². The number of hydrogen-bond donors (Lipinski definition) is 1. The quantitative estimate of drug-likeness (QED) is 0.411. The molecule has 3 aromatic rings. The number of para-hydroxylation sites is 1. The van der Waals surface area contributed by atoms with Crippen LogP contribution in [-0.2, 0) is 11.2 Å². The van der Waals surface area contributed by atoms with E-state index in [-0.39, 0.29) is 35.1 Å². The SMILES string of the molecule is COc1cc(C)[nH]c(=O)c1CCC(=O)c1c(C)n([C@H](C)C2CCN(C(=O)C(C)(C)C)CC2)c2ccccc12. The highest BCUT2D eigenvalue weighted by atomic mass is 16.5. The largest absolute Gasteiger partial charge is 0.496 e. The first-order chi connectivity index (χ1) is 17.9. The molecule has 0 bridgehead atoms. The molecule has 0 spiro atoms. The number of hydrogen-bond acceptors (Lipinski definition) is 4. The van der Waals surface area contributed by atoms with Gasteiger partial charge in [-0.25, -0.2) is 0 Å². The van der Waals surface area contributed by atoms with Crippen molar-refractivity contribution in [1.29, 1.82) is 0 Å². The summed E-state index contributed by atoms with van der Waals surface area (Å²) in [6, 6.07) is 10.1. The summed E-state index contributed by atoms with van der Waals surface area (Å²) >= 11 is 0. The van der Waals surface area contributed by atoms with E-state index in [4.69, 9.17) is 4.74 Å². The van der Waals surface area contributed by atoms with Crippen molar-refractivity contribution in [2.75, 3.05) is 20.2 Å². The Bertz CT molecular complexity index is 1400. The number of aromatic nitrogens is 2. The van der Waals surface area contributed by atoms with E-state index in [0.29, 0.717) is 23.7 Å². The molecule has 1 fully saturated rings. The predicted molar refractivity (Wildman–Crippen MR) is 151 cm³/mol. The number of nitrogens with one attached hydrogen (secondary N) is 1. The highest BCUT2D eigenvalue weighted by Gasteiger charge is 2.33. The molecule has 0 aliphatic carbocycles. The van der Waals surface area contributed by atoms with Gasteiger partial charge >= 0.3 is 0 Å². The molecule has 2 aromatic heterocycles. The number of carbonyl (C=O) groups excluding carboxylic acids is 2. The minimum atomic E-state index is -0.367. The molecule has 1 aromatic carbocycles. The fourth-order valence-corrected chi connectivity index (χ4v) is 6.01. The number of pyridine rings is 1. The molecule has 1 aliphatic rings. The number of methoxy groups -OCH3 is 1. The molecule has 1 N–H and O–H groups in total. The highest BCUT2D eigenvalue weighted by molar-refractivity contribution is 6.09. The summed E-state index contributed by atoms with van der Waals surface area (Å²) in [7, 11) is 1.54. The van der Waals surface area contributed by atoms with Crippen molar-refractivity contribution >= 4 is 22.6 Å². The van der Waals surface area contributed by atoms with E-state index in [9.17, 15) is 14.4 Å². The van der Waals surface area contributed by atoms with Crippen LogP contribution in [0, 0.1) is 25.2 Å². The third-order valence-electron chi connectivity index (χ3n) is 8.04. The first kappa shape index (κ1) is 27.7. The summed E-state index contributed by atoms with van der Waals surface area (Å²) in [6.07, 6.45) is 2.41. The van der Waals surface area contributed by atoms with Gasteiger partial charge in [-0.3, -0.25) is 14.4 Å². The van der Waals surface area contributed by atoms with Crippen LogP contribution in [0.4, 0.5) is 0 Å². The molecule has 0 saturated carbocycles. The molecular formula is C31H41N3O4. The molecule has 1 atom stereocenters. The van der Waals surface area contributed by atoms with Crippen molar-refractivity contribution in [3.05, 3.63) is 63.2 Å². The number of piperidine rings is 1. The maximum atomic E-state index is 13.6. The molecule has 1 saturated heterocycles. The number of H-pyrrole nitrogens is 1. The summed E-state index contributed by atoms with van der Waals surface area (Å²) in [5.41, 5.74) is 3.39. The molecule has 1 amide bonds. The lowest BCUT2D eigenvalue weighted by Crippen LogP contribution is -2.45. The van der Waals surface area contributed by atoms with Gasteiger partial charge in [-0.2, -0.15) is 0 Å². The summed E-state index contributed by atoms with van der Waals surface area (Å²) in [5, 5.41) is 0.951. The minimum absolute atomic E-state index is 0.0253. The predicted octanol–water partition coefficient (Wildman–Crippen LogP) is 5.62. The van der Waals surface area contributed by atoms with E-state index in [0.717, 1.165) is 53.8 Å². The van der Waals surface area contributed by atoms with Crippen molar-refractivity contribution in [3.8, 4) is 5.75 Å². The van der Waals surface area contributed by atoms with E-state index >= 15 is 0 Å². The zero-order valence-corrected chi connectivity index (χ0v) is 23.8.